The summed E-state index contributed by atoms with van der Waals surface area (Å²) in [5.41, 5.74) is 0. The molecule has 4 heavy (non-hydrogen) atoms. The Labute approximate surface area is 47.3 Å². The van der Waals surface area contributed by atoms with E-state index in [1.165, 1.54) is 0 Å². The van der Waals surface area contributed by atoms with Crippen LogP contribution in [0.15, 0.2) is 0 Å². The van der Waals surface area contributed by atoms with Gasteiger partial charge in [0.05, 0.1) is 0 Å². The molecule has 0 rings (SSSR count). The second kappa shape index (κ2) is 8.85. The average molecular weight is 92.0 g/mol. The van der Waals surface area contributed by atoms with Crippen molar-refractivity contribution >= 4 is 38.8 Å². The molecule has 0 saturated heterocycles. The summed E-state index contributed by atoms with van der Waals surface area (Å²) in [4.78, 5) is 0. The summed E-state index contributed by atoms with van der Waals surface area (Å²) in [6, 6.07) is 0. The second-order valence-corrected chi connectivity index (χ2v) is 0.192. The van der Waals surface area contributed by atoms with Gasteiger partial charge in [-0.1, -0.05) is 0 Å². The van der Waals surface area contributed by atoms with Gasteiger partial charge in [-0.15, -0.1) is 0 Å². The van der Waals surface area contributed by atoms with E-state index in [1.54, 1.807) is 0 Å². The first kappa shape index (κ1) is 8.99. The normalized spacial score (nSPS) is 4.50. The minimum Gasteiger partial charge on any atom is -0.178 e. The van der Waals surface area contributed by atoms with Crippen molar-refractivity contribution in [3.63, 3.8) is 0 Å². The maximum atomic E-state index is 9.60. The van der Waals surface area contributed by atoms with Crippen LogP contribution < -0.4 is 0 Å². The molecular formula is F2NaP. The molecule has 2 radical (unpaired) electrons. The molecule has 0 aliphatic carbocycles. The van der Waals surface area contributed by atoms with Crippen molar-refractivity contribution in [1.29, 1.82) is 0 Å². The van der Waals surface area contributed by atoms with Gasteiger partial charge in [0.1, 0.15) is 0 Å². The average Bonchev–Trinajstić information content (AvgIpc) is 0.918. The van der Waals surface area contributed by atoms with Gasteiger partial charge in [0.25, 0.3) is 0 Å². The summed E-state index contributed by atoms with van der Waals surface area (Å²) in [5, 5.41) is 0. The molecular weight excluding hydrogens is 92.0 g/mol. The van der Waals surface area contributed by atoms with Gasteiger partial charge in [0, 0.05) is 29.6 Å². The minimum atomic E-state index is -1.58. The maximum Gasteiger partial charge on any atom is 0.355 e. The Balaban J connectivity index is 0. The van der Waals surface area contributed by atoms with Gasteiger partial charge in [-0.05, 0) is 0 Å². The molecule has 0 saturated carbocycles. The van der Waals surface area contributed by atoms with Gasteiger partial charge < -0.3 is 0 Å². The molecule has 0 aromatic rings. The van der Waals surface area contributed by atoms with Gasteiger partial charge in [-0.2, -0.15) is 8.39 Å². The monoisotopic (exact) mass is 92.0 g/mol. The first-order valence-corrected chi connectivity index (χ1v) is 1.01. The van der Waals surface area contributed by atoms with E-state index in [0.29, 0.717) is 0 Å². The molecule has 0 aromatic heterocycles. The van der Waals surface area contributed by atoms with Crippen LogP contribution in [0.3, 0.4) is 0 Å². The van der Waals surface area contributed by atoms with Crippen LogP contribution in [0.25, 0.3) is 0 Å². The minimum absolute atomic E-state index is 0. The fourth-order valence-electron chi connectivity index (χ4n) is 0. The maximum absolute atomic E-state index is 9.60. The van der Waals surface area contributed by atoms with Crippen LogP contribution in [0.5, 0.6) is 0 Å². The molecule has 0 unspecified atom stereocenters. The summed E-state index contributed by atoms with van der Waals surface area (Å²) < 4.78 is 19.2. The molecule has 0 atom stereocenters. The van der Waals surface area contributed by atoms with Gasteiger partial charge in [0.2, 0.25) is 0 Å². The molecule has 0 heterocycles. The molecule has 0 nitrogen and oxygen atoms in total. The smallest absolute Gasteiger partial charge is 0.178 e. The van der Waals surface area contributed by atoms with Crippen molar-refractivity contribution < 1.29 is 8.39 Å². The molecule has 0 aromatic carbocycles. The number of rotatable bonds is 0. The third-order valence-corrected chi connectivity index (χ3v) is 0. The van der Waals surface area contributed by atoms with Crippen LogP contribution in [0.4, 0.5) is 8.39 Å². The van der Waals surface area contributed by atoms with E-state index < -0.39 is 9.20 Å². The molecule has 20 valence electrons. The Morgan fingerprint density at radius 2 is 1.25 bits per heavy atom. The Hall–Kier alpha value is 1.29. The summed E-state index contributed by atoms with van der Waals surface area (Å²) in [6.45, 7) is 0. The Kier molecular flexibility index (Phi) is 19.9. The van der Waals surface area contributed by atoms with E-state index in [9.17, 15) is 8.39 Å². The van der Waals surface area contributed by atoms with E-state index in [2.05, 4.69) is 0 Å². The van der Waals surface area contributed by atoms with Crippen LogP contribution in [0.2, 0.25) is 0 Å². The standard InChI is InChI=1S/F2P.Na/c1-3-2;. The zero-order chi connectivity index (χ0) is 2.71. The van der Waals surface area contributed by atoms with Crippen LogP contribution in [0.1, 0.15) is 0 Å². The Morgan fingerprint density at radius 1 is 1.25 bits per heavy atom. The predicted molar refractivity (Wildman–Crippen MR) is 14.9 cm³/mol. The third kappa shape index (κ3) is 10.4. The van der Waals surface area contributed by atoms with Crippen LogP contribution in [-0.2, 0) is 0 Å². The first-order chi connectivity index (χ1) is 1.41. The molecule has 0 spiro atoms. The number of hydrogen-bond donors (Lipinski definition) is 0. The summed E-state index contributed by atoms with van der Waals surface area (Å²) >= 11 is 0. The predicted octanol–water partition coefficient (Wildman–Crippen LogP) is 1.32. The SMILES string of the molecule is F[P]F.[Na]. The van der Waals surface area contributed by atoms with Gasteiger partial charge in [-0.25, -0.2) is 0 Å². The van der Waals surface area contributed by atoms with Crippen molar-refractivity contribution in [3.8, 4) is 0 Å². The topological polar surface area (TPSA) is 0 Å². The van der Waals surface area contributed by atoms with Crippen LogP contribution >= 0.6 is 9.20 Å². The third-order valence-electron chi connectivity index (χ3n) is 0. The van der Waals surface area contributed by atoms with E-state index in [4.69, 9.17) is 0 Å². The van der Waals surface area contributed by atoms with E-state index >= 15 is 0 Å². The molecule has 0 fully saturated rings. The van der Waals surface area contributed by atoms with Gasteiger partial charge in [0.15, 0.2) is 0 Å². The summed E-state index contributed by atoms with van der Waals surface area (Å²) in [5.74, 6) is 0. The largest absolute Gasteiger partial charge is 0.355 e. The molecule has 4 heteroatoms. The fraction of sp³-hybridized carbons (Fsp3) is 0. The van der Waals surface area contributed by atoms with E-state index in [1.807, 2.05) is 0 Å². The fourth-order valence-corrected chi connectivity index (χ4v) is 0. The van der Waals surface area contributed by atoms with Crippen LogP contribution in [-0.4, -0.2) is 29.6 Å². The van der Waals surface area contributed by atoms with E-state index in [-0.39, 0.29) is 29.6 Å². The van der Waals surface area contributed by atoms with Gasteiger partial charge >= 0.3 is 9.20 Å². The van der Waals surface area contributed by atoms with Crippen molar-refractivity contribution in [2.45, 2.75) is 0 Å². The summed E-state index contributed by atoms with van der Waals surface area (Å²) in [6.07, 6.45) is 0. The molecule has 0 aliphatic rings. The summed E-state index contributed by atoms with van der Waals surface area (Å²) in [7, 11) is -1.58. The zero-order valence-corrected chi connectivity index (χ0v) is 5.10. The molecule has 0 bridgehead atoms. The quantitative estimate of drug-likeness (QED) is 0.312. The molecule has 0 amide bonds. The number of halogens is 2. The Morgan fingerprint density at radius 3 is 1.25 bits per heavy atom. The van der Waals surface area contributed by atoms with E-state index in [0.717, 1.165) is 0 Å². The van der Waals surface area contributed by atoms with Crippen LogP contribution in [0, 0.1) is 0 Å². The number of hydrogen-bond acceptors (Lipinski definition) is 0. The zero-order valence-electron chi connectivity index (χ0n) is 2.20. The second-order valence-electron chi connectivity index (χ2n) is 0.0639. The van der Waals surface area contributed by atoms with Crippen molar-refractivity contribution in [2.24, 2.45) is 0 Å². The van der Waals surface area contributed by atoms with Crippen molar-refractivity contribution in [3.05, 3.63) is 0 Å². The van der Waals surface area contributed by atoms with Gasteiger partial charge in [-0.3, -0.25) is 0 Å². The van der Waals surface area contributed by atoms with Crippen molar-refractivity contribution in [1.82, 2.24) is 0 Å². The van der Waals surface area contributed by atoms with Crippen molar-refractivity contribution in [2.75, 3.05) is 0 Å². The molecule has 0 N–H and O–H groups in total. The first-order valence-electron chi connectivity index (χ1n) is 0.338. The Bertz CT molecular complexity index is 6.00. The molecule has 0 aliphatic heterocycles.